The average Bonchev–Trinajstić information content (AvgIpc) is 2.35. The monoisotopic (exact) mass is 473 g/mol. The van der Waals surface area contributed by atoms with E-state index < -0.39 is 47.7 Å². The molecule has 0 aliphatic carbocycles. The van der Waals surface area contributed by atoms with Gasteiger partial charge in [0.1, 0.15) is 0 Å². The summed E-state index contributed by atoms with van der Waals surface area (Å²) in [6, 6.07) is 0. The quantitative estimate of drug-likeness (QED) is 0.580. The van der Waals surface area contributed by atoms with Crippen LogP contribution in [-0.2, 0) is 21.6 Å². The number of halogens is 15. The van der Waals surface area contributed by atoms with E-state index in [-0.39, 0.29) is 16.8 Å². The van der Waals surface area contributed by atoms with Crippen molar-refractivity contribution in [2.45, 2.75) is 41.7 Å². The SMILES string of the molecule is O=C(O)C(F)(F)C(F)(F)C(F)(F)C(F)(F)C(F)(F)C(F)(F)C(F)(F)F.[Co]. The second-order valence-corrected chi connectivity index (χ2v) is 4.25. The van der Waals surface area contributed by atoms with Crippen molar-refractivity contribution in [3.05, 3.63) is 0 Å². The van der Waals surface area contributed by atoms with Gasteiger partial charge in [-0.2, -0.15) is 65.9 Å². The molecule has 26 heavy (non-hydrogen) atoms. The van der Waals surface area contributed by atoms with Gasteiger partial charge in [0.05, 0.1) is 0 Å². The van der Waals surface area contributed by atoms with Crippen LogP contribution in [0.25, 0.3) is 0 Å². The maximum absolute atomic E-state index is 12.8. The molecule has 0 unspecified atom stereocenters. The Kier molecular flexibility index (Phi) is 6.81. The van der Waals surface area contributed by atoms with Crippen LogP contribution in [0.4, 0.5) is 65.9 Å². The van der Waals surface area contributed by atoms with E-state index in [0.29, 0.717) is 0 Å². The summed E-state index contributed by atoms with van der Waals surface area (Å²) in [4.78, 5) is 9.72. The second kappa shape index (κ2) is 6.52. The van der Waals surface area contributed by atoms with E-state index in [4.69, 9.17) is 5.11 Å². The number of hydrogen-bond donors (Lipinski definition) is 1. The van der Waals surface area contributed by atoms with Crippen molar-refractivity contribution in [3.63, 3.8) is 0 Å². The summed E-state index contributed by atoms with van der Waals surface area (Å²) in [7, 11) is 0. The third-order valence-electron chi connectivity index (χ3n) is 2.60. The van der Waals surface area contributed by atoms with Crippen LogP contribution < -0.4 is 0 Å². The largest absolute Gasteiger partial charge is 0.477 e. The minimum atomic E-state index is -8.47. The maximum Gasteiger partial charge on any atom is 0.460 e. The Labute approximate surface area is 141 Å². The van der Waals surface area contributed by atoms with Gasteiger partial charge < -0.3 is 5.11 Å². The van der Waals surface area contributed by atoms with Crippen LogP contribution in [0, 0.1) is 0 Å². The van der Waals surface area contributed by atoms with Crippen molar-refractivity contribution in [2.75, 3.05) is 0 Å². The molecule has 0 amide bonds. The van der Waals surface area contributed by atoms with Gasteiger partial charge >= 0.3 is 47.7 Å². The van der Waals surface area contributed by atoms with Crippen LogP contribution in [0.3, 0.4) is 0 Å². The summed E-state index contributed by atoms with van der Waals surface area (Å²) in [5.41, 5.74) is 0. The van der Waals surface area contributed by atoms with Crippen LogP contribution in [0.15, 0.2) is 0 Å². The first kappa shape index (κ1) is 27.1. The molecule has 0 bridgehead atoms. The first-order chi connectivity index (χ1) is 10.4. The first-order valence-electron chi connectivity index (χ1n) is 5.01. The Hall–Kier alpha value is -1.07. The Morgan fingerprint density at radius 3 is 0.962 bits per heavy atom. The normalized spacial score (nSPS) is 15.5. The van der Waals surface area contributed by atoms with Crippen LogP contribution in [0.5, 0.6) is 0 Å². The summed E-state index contributed by atoms with van der Waals surface area (Å²) in [6.07, 6.45) is -7.69. The molecule has 0 rings (SSSR count). The Morgan fingerprint density at radius 1 is 0.500 bits per heavy atom. The zero-order chi connectivity index (χ0) is 21.1. The number of rotatable bonds is 6. The van der Waals surface area contributed by atoms with Gasteiger partial charge in [0.25, 0.3) is 0 Å². The summed E-state index contributed by atoms with van der Waals surface area (Å²) in [5, 5.41) is 7.57. The molecule has 0 aromatic rings. The predicted molar refractivity (Wildman–Crippen MR) is 43.4 cm³/mol. The van der Waals surface area contributed by atoms with E-state index in [2.05, 4.69) is 0 Å². The molecule has 0 aromatic heterocycles. The summed E-state index contributed by atoms with van der Waals surface area (Å²) in [6.45, 7) is 0. The molecule has 2 nitrogen and oxygen atoms in total. The van der Waals surface area contributed by atoms with Gasteiger partial charge in [-0.05, 0) is 0 Å². The Morgan fingerprint density at radius 2 is 0.731 bits per heavy atom. The minimum absolute atomic E-state index is 0. The fourth-order valence-corrected chi connectivity index (χ4v) is 1.10. The summed E-state index contributed by atoms with van der Waals surface area (Å²) in [5.74, 6) is -52.8. The summed E-state index contributed by atoms with van der Waals surface area (Å²) >= 11 is 0. The molecule has 0 fully saturated rings. The molecule has 0 aliphatic heterocycles. The third kappa shape index (κ3) is 3.17. The third-order valence-corrected chi connectivity index (χ3v) is 2.60. The zero-order valence-electron chi connectivity index (χ0n) is 10.9. The van der Waals surface area contributed by atoms with E-state index in [1.54, 1.807) is 0 Å². The van der Waals surface area contributed by atoms with E-state index in [9.17, 15) is 70.7 Å². The average molecular weight is 473 g/mol. The molecule has 0 spiro atoms. The van der Waals surface area contributed by atoms with Crippen molar-refractivity contribution < 1.29 is 92.5 Å². The molecule has 1 N–H and O–H groups in total. The van der Waals surface area contributed by atoms with Gasteiger partial charge in [-0.1, -0.05) is 0 Å². The van der Waals surface area contributed by atoms with E-state index >= 15 is 0 Å². The van der Waals surface area contributed by atoms with Gasteiger partial charge in [0.2, 0.25) is 0 Å². The molecule has 0 saturated carbocycles. The molecule has 0 atom stereocenters. The van der Waals surface area contributed by atoms with E-state index in [1.807, 2.05) is 0 Å². The molecule has 0 heterocycles. The number of carbonyl (C=O) groups is 1. The van der Waals surface area contributed by atoms with Crippen molar-refractivity contribution in [3.8, 4) is 0 Å². The first-order valence-corrected chi connectivity index (χ1v) is 5.01. The number of aliphatic carboxylic acids is 1. The van der Waals surface area contributed by atoms with Gasteiger partial charge in [-0.3, -0.25) is 0 Å². The minimum Gasteiger partial charge on any atom is -0.477 e. The van der Waals surface area contributed by atoms with Gasteiger partial charge in [0.15, 0.2) is 0 Å². The van der Waals surface area contributed by atoms with Crippen molar-refractivity contribution >= 4 is 5.97 Å². The molecular weight excluding hydrogens is 472 g/mol. The number of alkyl halides is 15. The number of carboxylic acids is 1. The molecule has 159 valence electrons. The van der Waals surface area contributed by atoms with Crippen LogP contribution in [0.2, 0.25) is 0 Å². The predicted octanol–water partition coefficient (Wildman–Crippen LogP) is 4.44. The molecular formula is C8HCoF15O2. The smallest absolute Gasteiger partial charge is 0.460 e. The molecule has 0 aliphatic rings. The van der Waals surface area contributed by atoms with Gasteiger partial charge in [-0.25, -0.2) is 4.79 Å². The number of hydrogen-bond acceptors (Lipinski definition) is 1. The molecule has 1 radical (unpaired) electrons. The van der Waals surface area contributed by atoms with Crippen molar-refractivity contribution in [1.29, 1.82) is 0 Å². The Bertz CT molecular complexity index is 536. The van der Waals surface area contributed by atoms with Crippen LogP contribution >= 0.6 is 0 Å². The topological polar surface area (TPSA) is 37.3 Å². The maximum atomic E-state index is 12.8. The fourth-order valence-electron chi connectivity index (χ4n) is 1.10. The molecule has 0 aromatic carbocycles. The molecule has 0 saturated heterocycles. The second-order valence-electron chi connectivity index (χ2n) is 4.25. The Balaban J connectivity index is 0. The summed E-state index contributed by atoms with van der Waals surface area (Å²) < 4.78 is 187. The van der Waals surface area contributed by atoms with E-state index in [0.717, 1.165) is 0 Å². The van der Waals surface area contributed by atoms with Crippen molar-refractivity contribution in [1.82, 2.24) is 0 Å². The van der Waals surface area contributed by atoms with Gasteiger partial charge in [0, 0.05) is 16.8 Å². The van der Waals surface area contributed by atoms with Gasteiger partial charge in [-0.15, -0.1) is 0 Å². The number of carboxylic acid groups (broad SMARTS) is 1. The van der Waals surface area contributed by atoms with E-state index in [1.165, 1.54) is 0 Å². The van der Waals surface area contributed by atoms with Crippen molar-refractivity contribution in [2.24, 2.45) is 0 Å². The zero-order valence-corrected chi connectivity index (χ0v) is 11.9. The molecule has 18 heteroatoms. The fraction of sp³-hybridized carbons (Fsp3) is 0.875. The standard InChI is InChI=1S/C8HF15O2.Co/c9-2(10,1(24)25)3(11,12)4(13,14)5(15,16)6(17,18)7(19,20)8(21,22)23;/h(H,24,25);. The van der Waals surface area contributed by atoms with Crippen LogP contribution in [-0.4, -0.2) is 52.8 Å². The van der Waals surface area contributed by atoms with Crippen LogP contribution in [0.1, 0.15) is 0 Å².